The van der Waals surface area contributed by atoms with Gasteiger partial charge in [-0.15, -0.1) is 0 Å². The molecule has 9 aromatic carbocycles. The minimum Gasteiger partial charge on any atom is -0.456 e. The number of nitrogens with zero attached hydrogens (tertiary/aromatic N) is 3. The average molecular weight is 794 g/mol. The van der Waals surface area contributed by atoms with Crippen LogP contribution < -0.4 is 0 Å². The Hall–Kier alpha value is -8.41. The van der Waals surface area contributed by atoms with Crippen molar-refractivity contribution in [2.24, 2.45) is 0 Å². The zero-order valence-electron chi connectivity index (χ0n) is 33.4. The Morgan fingerprint density at radius 2 is 0.742 bits per heavy atom. The molecule has 0 aliphatic carbocycles. The van der Waals surface area contributed by atoms with E-state index in [2.05, 4.69) is 182 Å². The summed E-state index contributed by atoms with van der Waals surface area (Å²) in [4.78, 5) is 15.3. The van der Waals surface area contributed by atoms with Gasteiger partial charge in [-0.2, -0.15) is 0 Å². The van der Waals surface area contributed by atoms with Crippen molar-refractivity contribution in [2.75, 3.05) is 0 Å². The highest BCUT2D eigenvalue weighted by Gasteiger charge is 2.19. The molecule has 0 saturated carbocycles. The summed E-state index contributed by atoms with van der Waals surface area (Å²) in [6.07, 6.45) is 0. The minimum absolute atomic E-state index is 0.567. The van der Waals surface area contributed by atoms with Crippen LogP contribution in [0.5, 0.6) is 0 Å². The predicted molar refractivity (Wildman–Crippen MR) is 252 cm³/mol. The first-order chi connectivity index (χ1) is 30.7. The van der Waals surface area contributed by atoms with Gasteiger partial charge < -0.3 is 8.83 Å². The van der Waals surface area contributed by atoms with Crippen LogP contribution in [0.15, 0.2) is 221 Å². The molecule has 5 nitrogen and oxygen atoms in total. The third kappa shape index (κ3) is 6.23. The molecule has 0 fully saturated rings. The highest BCUT2D eigenvalue weighted by molar-refractivity contribution is 6.14. The van der Waals surface area contributed by atoms with Gasteiger partial charge in [0.15, 0.2) is 17.5 Å². The van der Waals surface area contributed by atoms with E-state index in [0.717, 1.165) is 105 Å². The van der Waals surface area contributed by atoms with E-state index < -0.39 is 0 Å². The van der Waals surface area contributed by atoms with E-state index in [4.69, 9.17) is 23.8 Å². The van der Waals surface area contributed by atoms with Crippen LogP contribution in [0.3, 0.4) is 0 Å². The van der Waals surface area contributed by atoms with Crippen LogP contribution in [0.1, 0.15) is 0 Å². The Morgan fingerprint density at radius 3 is 1.53 bits per heavy atom. The highest BCUT2D eigenvalue weighted by Crippen LogP contribution is 2.43. The van der Waals surface area contributed by atoms with E-state index in [1.807, 2.05) is 30.3 Å². The average Bonchev–Trinajstić information content (AvgIpc) is 3.92. The summed E-state index contributed by atoms with van der Waals surface area (Å²) in [7, 11) is 0. The summed E-state index contributed by atoms with van der Waals surface area (Å²) >= 11 is 0. The quantitative estimate of drug-likeness (QED) is 0.161. The first kappa shape index (κ1) is 35.5. The lowest BCUT2D eigenvalue weighted by Crippen LogP contribution is -2.00. The molecule has 0 spiro atoms. The lowest BCUT2D eigenvalue weighted by atomic mass is 9.91. The zero-order chi connectivity index (χ0) is 41.0. The smallest absolute Gasteiger partial charge is 0.164 e. The second-order valence-corrected chi connectivity index (χ2v) is 15.5. The van der Waals surface area contributed by atoms with Crippen LogP contribution in [0.4, 0.5) is 0 Å². The molecule has 12 aromatic rings. The summed E-state index contributed by atoms with van der Waals surface area (Å²) in [6, 6.07) is 73.4. The molecule has 290 valence electrons. The maximum atomic E-state index is 6.68. The van der Waals surface area contributed by atoms with Crippen molar-refractivity contribution in [1.29, 1.82) is 0 Å². The molecule has 0 aliphatic rings. The molecule has 0 unspecified atom stereocenters. The molecule has 3 aromatic heterocycles. The third-order valence-corrected chi connectivity index (χ3v) is 11.8. The number of hydrogen-bond donors (Lipinski definition) is 0. The lowest BCUT2D eigenvalue weighted by molar-refractivity contribution is 0.668. The molecular formula is C57H35N3O2. The number of hydrogen-bond acceptors (Lipinski definition) is 5. The van der Waals surface area contributed by atoms with Gasteiger partial charge in [0, 0.05) is 38.2 Å². The number of aromatic nitrogens is 3. The Bertz CT molecular complexity index is 3630. The van der Waals surface area contributed by atoms with E-state index in [9.17, 15) is 0 Å². The molecule has 0 amide bonds. The van der Waals surface area contributed by atoms with Gasteiger partial charge >= 0.3 is 0 Å². The fraction of sp³-hybridized carbons (Fsp3) is 0. The fourth-order valence-electron chi connectivity index (χ4n) is 8.73. The van der Waals surface area contributed by atoms with Gasteiger partial charge in [-0.25, -0.2) is 15.0 Å². The molecule has 12 rings (SSSR count). The minimum atomic E-state index is 0.567. The van der Waals surface area contributed by atoms with Gasteiger partial charge in [-0.1, -0.05) is 170 Å². The molecule has 5 heteroatoms. The summed E-state index contributed by atoms with van der Waals surface area (Å²) in [6.45, 7) is 0. The number of furan rings is 2. The van der Waals surface area contributed by atoms with Crippen LogP contribution >= 0.6 is 0 Å². The molecule has 0 atom stereocenters. The predicted octanol–water partition coefficient (Wildman–Crippen LogP) is 15.3. The lowest BCUT2D eigenvalue weighted by Gasteiger charge is -2.12. The van der Waals surface area contributed by atoms with E-state index in [1.54, 1.807) is 0 Å². The standard InChI is InChI=1S/C57H35N3O2/c1-3-13-36(14-4-1)38-25-27-39(28-26-38)55-58-56(42-18-11-17-40(33-42)37-15-5-2-6-16-37)60-57(59-55)43-29-31-48-53(35-43)62-52-24-12-22-47(54(48)52)45-20-8-7-19-44(45)41-30-32-51-49(34-41)46-21-9-10-23-50(46)61-51/h1-35H. The SMILES string of the molecule is c1ccc(-c2ccc(-c3nc(-c4cccc(-c5ccccc5)c4)nc(-c4ccc5c(c4)oc4cccc(-c6ccccc6-c6ccc7oc8ccccc8c7c6)c45)n3)cc2)cc1. The second-order valence-electron chi connectivity index (χ2n) is 15.5. The van der Waals surface area contributed by atoms with Crippen LogP contribution in [-0.4, -0.2) is 15.0 Å². The molecule has 0 N–H and O–H groups in total. The summed E-state index contributed by atoms with van der Waals surface area (Å²) < 4.78 is 12.9. The monoisotopic (exact) mass is 793 g/mol. The van der Waals surface area contributed by atoms with Crippen molar-refractivity contribution in [1.82, 2.24) is 15.0 Å². The van der Waals surface area contributed by atoms with Crippen molar-refractivity contribution in [3.63, 3.8) is 0 Å². The number of para-hydroxylation sites is 1. The topological polar surface area (TPSA) is 65.0 Å². The Balaban J connectivity index is 0.978. The summed E-state index contributed by atoms with van der Waals surface area (Å²) in [5.41, 5.74) is 15.0. The molecule has 0 radical (unpaired) electrons. The van der Waals surface area contributed by atoms with E-state index >= 15 is 0 Å². The van der Waals surface area contributed by atoms with Crippen molar-refractivity contribution in [3.05, 3.63) is 212 Å². The summed E-state index contributed by atoms with van der Waals surface area (Å²) in [5, 5.41) is 4.29. The van der Waals surface area contributed by atoms with Gasteiger partial charge in [0.1, 0.15) is 22.3 Å². The molecule has 62 heavy (non-hydrogen) atoms. The first-order valence-corrected chi connectivity index (χ1v) is 20.7. The Labute approximate surface area is 357 Å². The molecular weight excluding hydrogens is 759 g/mol. The van der Waals surface area contributed by atoms with Gasteiger partial charge in [0.05, 0.1) is 0 Å². The van der Waals surface area contributed by atoms with Gasteiger partial charge in [-0.3, -0.25) is 0 Å². The van der Waals surface area contributed by atoms with Crippen molar-refractivity contribution in [3.8, 4) is 78.7 Å². The Kier molecular flexibility index (Phi) is 8.42. The summed E-state index contributed by atoms with van der Waals surface area (Å²) in [5.74, 6) is 1.76. The van der Waals surface area contributed by atoms with Crippen molar-refractivity contribution < 1.29 is 8.83 Å². The molecule has 3 heterocycles. The molecule has 0 aliphatic heterocycles. The normalized spacial score (nSPS) is 11.5. The number of benzene rings is 9. The van der Waals surface area contributed by atoms with Gasteiger partial charge in [0.2, 0.25) is 0 Å². The van der Waals surface area contributed by atoms with E-state index in [-0.39, 0.29) is 0 Å². The number of rotatable bonds is 7. The largest absolute Gasteiger partial charge is 0.456 e. The van der Waals surface area contributed by atoms with E-state index in [1.165, 1.54) is 0 Å². The third-order valence-electron chi connectivity index (χ3n) is 11.8. The van der Waals surface area contributed by atoms with E-state index in [0.29, 0.717) is 17.5 Å². The Morgan fingerprint density at radius 1 is 0.242 bits per heavy atom. The van der Waals surface area contributed by atoms with Gasteiger partial charge in [0.25, 0.3) is 0 Å². The second kappa shape index (κ2) is 14.7. The van der Waals surface area contributed by atoms with Crippen molar-refractivity contribution >= 4 is 43.9 Å². The first-order valence-electron chi connectivity index (χ1n) is 20.7. The zero-order valence-corrected chi connectivity index (χ0v) is 33.4. The molecule has 0 saturated heterocycles. The molecule has 0 bridgehead atoms. The van der Waals surface area contributed by atoms with Crippen LogP contribution in [-0.2, 0) is 0 Å². The van der Waals surface area contributed by atoms with Crippen LogP contribution in [0.2, 0.25) is 0 Å². The fourth-order valence-corrected chi connectivity index (χ4v) is 8.73. The van der Waals surface area contributed by atoms with Crippen LogP contribution in [0, 0.1) is 0 Å². The van der Waals surface area contributed by atoms with Crippen LogP contribution in [0.25, 0.3) is 123 Å². The van der Waals surface area contributed by atoms with Crippen molar-refractivity contribution in [2.45, 2.75) is 0 Å². The number of fused-ring (bicyclic) bond motifs is 6. The maximum Gasteiger partial charge on any atom is 0.164 e. The maximum absolute atomic E-state index is 6.68. The highest BCUT2D eigenvalue weighted by atomic mass is 16.3. The van der Waals surface area contributed by atoms with Gasteiger partial charge in [-0.05, 0) is 87.0 Å².